The molecule has 3 N–H and O–H groups in total. The first-order valence-corrected chi connectivity index (χ1v) is 10.7. The molecular formula is C21H27N5O3. The number of rotatable bonds is 4. The third kappa shape index (κ3) is 3.01. The van der Waals surface area contributed by atoms with E-state index >= 15 is 0 Å². The van der Waals surface area contributed by atoms with E-state index in [4.69, 9.17) is 5.73 Å². The van der Waals surface area contributed by atoms with Crippen LogP contribution in [0.5, 0.6) is 0 Å². The lowest BCUT2D eigenvalue weighted by Crippen LogP contribution is -2.36. The number of amides is 1. The van der Waals surface area contributed by atoms with Crippen molar-refractivity contribution in [3.05, 3.63) is 38.2 Å². The summed E-state index contributed by atoms with van der Waals surface area (Å²) in [6.45, 7) is 3.74. The fourth-order valence-electron chi connectivity index (χ4n) is 5.13. The summed E-state index contributed by atoms with van der Waals surface area (Å²) in [5, 5.41) is 0.230. The maximum atomic E-state index is 13.5. The molecule has 3 fully saturated rings. The van der Waals surface area contributed by atoms with Gasteiger partial charge in [0.1, 0.15) is 0 Å². The molecule has 3 unspecified atom stereocenters. The van der Waals surface area contributed by atoms with E-state index in [1.54, 1.807) is 6.07 Å². The Labute approximate surface area is 168 Å². The first-order chi connectivity index (χ1) is 14.0. The molecule has 154 valence electrons. The van der Waals surface area contributed by atoms with Crippen molar-refractivity contribution >= 4 is 16.9 Å². The highest BCUT2D eigenvalue weighted by Crippen LogP contribution is 2.41. The lowest BCUT2D eigenvalue weighted by Gasteiger charge is -2.20. The third-order valence-electron chi connectivity index (χ3n) is 6.84. The average molecular weight is 397 g/mol. The number of nitrogens with zero attached hydrogens (tertiary/aromatic N) is 3. The monoisotopic (exact) mass is 397 g/mol. The van der Waals surface area contributed by atoms with Crippen LogP contribution in [0, 0.1) is 11.8 Å². The van der Waals surface area contributed by atoms with Crippen LogP contribution in [-0.2, 0) is 6.54 Å². The highest BCUT2D eigenvalue weighted by molar-refractivity contribution is 6.05. The Balaban J connectivity index is 1.65. The van der Waals surface area contributed by atoms with Crippen LogP contribution in [-0.4, -0.2) is 44.5 Å². The van der Waals surface area contributed by atoms with Crippen LogP contribution in [0.3, 0.4) is 0 Å². The van der Waals surface area contributed by atoms with Crippen molar-refractivity contribution in [2.75, 3.05) is 13.1 Å². The second-order valence-electron chi connectivity index (χ2n) is 8.85. The number of H-pyrrole nitrogens is 1. The zero-order valence-corrected chi connectivity index (χ0v) is 16.7. The number of aromatic amines is 1. The third-order valence-corrected chi connectivity index (χ3v) is 6.84. The van der Waals surface area contributed by atoms with E-state index in [1.807, 2.05) is 11.8 Å². The molecule has 1 saturated heterocycles. The fraction of sp³-hybridized carbons (Fsp3) is 0.619. The summed E-state index contributed by atoms with van der Waals surface area (Å²) >= 11 is 0. The van der Waals surface area contributed by atoms with Crippen molar-refractivity contribution in [3.8, 4) is 0 Å². The van der Waals surface area contributed by atoms with Gasteiger partial charge in [0.25, 0.3) is 11.5 Å². The summed E-state index contributed by atoms with van der Waals surface area (Å²) in [5.74, 6) is 0.947. The van der Waals surface area contributed by atoms with Gasteiger partial charge in [0.15, 0.2) is 5.65 Å². The maximum Gasteiger partial charge on any atom is 0.329 e. The number of aromatic nitrogens is 3. The van der Waals surface area contributed by atoms with Crippen molar-refractivity contribution in [2.45, 2.75) is 57.5 Å². The van der Waals surface area contributed by atoms with E-state index in [0.29, 0.717) is 48.6 Å². The van der Waals surface area contributed by atoms with Gasteiger partial charge in [-0.2, -0.15) is 0 Å². The Morgan fingerprint density at radius 3 is 2.72 bits per heavy atom. The number of nitrogens with two attached hydrogens (primary N) is 1. The van der Waals surface area contributed by atoms with Gasteiger partial charge in [0, 0.05) is 37.3 Å². The van der Waals surface area contributed by atoms with Crippen molar-refractivity contribution < 1.29 is 4.79 Å². The summed E-state index contributed by atoms with van der Waals surface area (Å²) < 4.78 is 1.49. The van der Waals surface area contributed by atoms with Crippen LogP contribution in [0.25, 0.3) is 11.0 Å². The average Bonchev–Trinajstić information content (AvgIpc) is 3.38. The molecule has 2 saturated carbocycles. The van der Waals surface area contributed by atoms with E-state index in [-0.39, 0.29) is 17.3 Å². The number of carbonyl (C=O) groups is 1. The lowest BCUT2D eigenvalue weighted by atomic mass is 9.98. The Bertz CT molecular complexity index is 1100. The largest absolute Gasteiger partial charge is 0.338 e. The van der Waals surface area contributed by atoms with Crippen LogP contribution < -0.4 is 17.0 Å². The van der Waals surface area contributed by atoms with Gasteiger partial charge >= 0.3 is 5.69 Å². The van der Waals surface area contributed by atoms with E-state index in [1.165, 1.54) is 4.57 Å². The molecule has 3 aliphatic rings. The number of carbonyl (C=O) groups excluding carboxylic acids is 1. The minimum atomic E-state index is -0.536. The van der Waals surface area contributed by atoms with Crippen LogP contribution >= 0.6 is 0 Å². The van der Waals surface area contributed by atoms with Gasteiger partial charge in [-0.1, -0.05) is 6.92 Å². The number of aryl methyl sites for hydroxylation is 1. The van der Waals surface area contributed by atoms with Crippen molar-refractivity contribution in [1.29, 1.82) is 0 Å². The SMILES string of the molecule is CCCn1c(=O)[nH]c(=O)c2c(C(=O)N3CC4CCC(N)C4C3)cc(C3CC3)nc21. The molecule has 3 heterocycles. The first-order valence-electron chi connectivity index (χ1n) is 10.7. The summed E-state index contributed by atoms with van der Waals surface area (Å²) in [6.07, 6.45) is 4.85. The minimum Gasteiger partial charge on any atom is -0.338 e. The zero-order valence-electron chi connectivity index (χ0n) is 16.7. The number of hydrogen-bond acceptors (Lipinski definition) is 5. The second-order valence-corrected chi connectivity index (χ2v) is 8.85. The molecule has 3 atom stereocenters. The van der Waals surface area contributed by atoms with Crippen LogP contribution in [0.15, 0.2) is 15.7 Å². The van der Waals surface area contributed by atoms with Gasteiger partial charge in [-0.25, -0.2) is 9.78 Å². The molecule has 29 heavy (non-hydrogen) atoms. The summed E-state index contributed by atoms with van der Waals surface area (Å²) in [6, 6.07) is 1.93. The molecule has 0 bridgehead atoms. The van der Waals surface area contributed by atoms with Crippen molar-refractivity contribution in [3.63, 3.8) is 0 Å². The number of likely N-dealkylation sites (tertiary alicyclic amines) is 1. The molecular weight excluding hydrogens is 370 g/mol. The van der Waals surface area contributed by atoms with E-state index in [2.05, 4.69) is 9.97 Å². The molecule has 5 rings (SSSR count). The highest BCUT2D eigenvalue weighted by atomic mass is 16.2. The molecule has 8 heteroatoms. The molecule has 8 nitrogen and oxygen atoms in total. The zero-order chi connectivity index (χ0) is 20.3. The summed E-state index contributed by atoms with van der Waals surface area (Å²) in [4.78, 5) is 47.6. The second kappa shape index (κ2) is 6.79. The number of hydrogen-bond donors (Lipinski definition) is 2. The Kier molecular flexibility index (Phi) is 4.34. The number of pyridine rings is 1. The molecule has 2 aromatic rings. The van der Waals surface area contributed by atoms with Crippen molar-refractivity contribution in [1.82, 2.24) is 19.4 Å². The smallest absolute Gasteiger partial charge is 0.329 e. The normalized spacial score (nSPS) is 26.3. The topological polar surface area (TPSA) is 114 Å². The molecule has 0 radical (unpaired) electrons. The predicted molar refractivity (Wildman–Crippen MR) is 109 cm³/mol. The number of nitrogens with one attached hydrogen (secondary N) is 1. The minimum absolute atomic E-state index is 0.145. The summed E-state index contributed by atoms with van der Waals surface area (Å²) in [7, 11) is 0. The first kappa shape index (κ1) is 18.5. The van der Waals surface area contributed by atoms with E-state index in [0.717, 1.165) is 37.8 Å². The molecule has 1 amide bonds. The Hall–Kier alpha value is -2.48. The highest BCUT2D eigenvalue weighted by Gasteiger charge is 2.43. The van der Waals surface area contributed by atoms with Crippen LogP contribution in [0.4, 0.5) is 0 Å². The van der Waals surface area contributed by atoms with E-state index in [9.17, 15) is 14.4 Å². The van der Waals surface area contributed by atoms with Gasteiger partial charge in [0.2, 0.25) is 0 Å². The molecule has 2 aliphatic carbocycles. The lowest BCUT2D eigenvalue weighted by molar-refractivity contribution is 0.0781. The Morgan fingerprint density at radius 2 is 2.03 bits per heavy atom. The fourth-order valence-corrected chi connectivity index (χ4v) is 5.13. The van der Waals surface area contributed by atoms with Gasteiger partial charge in [-0.05, 0) is 50.0 Å². The van der Waals surface area contributed by atoms with E-state index < -0.39 is 11.2 Å². The Morgan fingerprint density at radius 1 is 1.24 bits per heavy atom. The standard InChI is InChI=1S/C21H27N5O3/c1-2-7-26-18-17(19(27)24-21(26)29)13(8-16(23-18)11-3-4-11)20(28)25-9-12-5-6-15(22)14(12)10-25/h8,11-12,14-15H,2-7,9-10,22H2,1H3,(H,24,27,29). The molecule has 2 aromatic heterocycles. The van der Waals surface area contributed by atoms with Gasteiger partial charge < -0.3 is 10.6 Å². The van der Waals surface area contributed by atoms with Gasteiger partial charge in [0.05, 0.1) is 10.9 Å². The van der Waals surface area contributed by atoms with Gasteiger partial charge in [-0.15, -0.1) is 0 Å². The van der Waals surface area contributed by atoms with Gasteiger partial charge in [-0.3, -0.25) is 19.1 Å². The quantitative estimate of drug-likeness (QED) is 0.804. The molecule has 1 aliphatic heterocycles. The molecule has 0 aromatic carbocycles. The van der Waals surface area contributed by atoms with Crippen molar-refractivity contribution in [2.24, 2.45) is 17.6 Å². The summed E-state index contributed by atoms with van der Waals surface area (Å²) in [5.41, 5.74) is 6.75. The van der Waals surface area contributed by atoms with Crippen LogP contribution in [0.1, 0.15) is 61.0 Å². The van der Waals surface area contributed by atoms with Crippen LogP contribution in [0.2, 0.25) is 0 Å². The maximum absolute atomic E-state index is 13.5. The predicted octanol–water partition coefficient (Wildman–Crippen LogP) is 1.18. The molecule has 0 spiro atoms. The number of fused-ring (bicyclic) bond motifs is 2.